The molecule has 0 radical (unpaired) electrons. The van der Waals surface area contributed by atoms with E-state index in [0.29, 0.717) is 11.4 Å². The number of phenolic OH excluding ortho intramolecular Hbond substituents is 1. The van der Waals surface area contributed by atoms with Crippen molar-refractivity contribution in [2.24, 2.45) is 0 Å². The number of hydrogen-bond acceptors (Lipinski definition) is 3. The normalized spacial score (nSPS) is 10.7. The van der Waals surface area contributed by atoms with Crippen LogP contribution in [0.4, 0.5) is 11.4 Å². The number of benzene rings is 3. The van der Waals surface area contributed by atoms with Crippen LogP contribution < -0.4 is 11.5 Å². The quantitative estimate of drug-likeness (QED) is 0.352. The summed E-state index contributed by atoms with van der Waals surface area (Å²) < 4.78 is 0. The van der Waals surface area contributed by atoms with Gasteiger partial charge in [-0.3, -0.25) is 0 Å². The van der Waals surface area contributed by atoms with Crippen molar-refractivity contribution < 1.29 is 5.11 Å². The molecule has 0 aromatic heterocycles. The molecule has 3 heteroatoms. The number of aromatic hydroxyl groups is 1. The second-order valence-electron chi connectivity index (χ2n) is 4.52. The number of nitrogen functional groups attached to an aromatic ring is 2. The van der Waals surface area contributed by atoms with E-state index in [0.717, 1.165) is 21.9 Å². The smallest absolute Gasteiger partial charge is 0.139 e. The average molecular weight is 250 g/mol. The lowest BCUT2D eigenvalue weighted by Crippen LogP contribution is -1.94. The summed E-state index contributed by atoms with van der Waals surface area (Å²) in [7, 11) is 0. The molecule has 0 fully saturated rings. The van der Waals surface area contributed by atoms with Crippen molar-refractivity contribution in [3.63, 3.8) is 0 Å². The van der Waals surface area contributed by atoms with Crippen LogP contribution >= 0.6 is 0 Å². The third-order valence-corrected chi connectivity index (χ3v) is 3.28. The first-order chi connectivity index (χ1) is 9.16. The minimum atomic E-state index is 0.0529. The fourth-order valence-electron chi connectivity index (χ4n) is 2.32. The van der Waals surface area contributed by atoms with E-state index in [-0.39, 0.29) is 5.75 Å². The Bertz CT molecular complexity index is 761. The maximum absolute atomic E-state index is 9.78. The van der Waals surface area contributed by atoms with Gasteiger partial charge in [0.1, 0.15) is 5.75 Å². The number of hydrogen-bond donors (Lipinski definition) is 3. The molecular weight excluding hydrogens is 236 g/mol. The van der Waals surface area contributed by atoms with Crippen LogP contribution in [0.25, 0.3) is 21.9 Å². The molecule has 0 saturated heterocycles. The Morgan fingerprint density at radius 3 is 2.32 bits per heavy atom. The average Bonchev–Trinajstić information content (AvgIpc) is 2.42. The summed E-state index contributed by atoms with van der Waals surface area (Å²) in [5.74, 6) is 0.0529. The first kappa shape index (κ1) is 11.4. The van der Waals surface area contributed by atoms with Crippen molar-refractivity contribution in [2.45, 2.75) is 0 Å². The van der Waals surface area contributed by atoms with Gasteiger partial charge in [-0.2, -0.15) is 0 Å². The number of phenols is 1. The monoisotopic (exact) mass is 250 g/mol. The Labute approximate surface area is 111 Å². The van der Waals surface area contributed by atoms with Gasteiger partial charge in [-0.05, 0) is 28.5 Å². The van der Waals surface area contributed by atoms with Crippen molar-refractivity contribution in [2.75, 3.05) is 11.5 Å². The molecule has 0 aliphatic carbocycles. The summed E-state index contributed by atoms with van der Waals surface area (Å²) in [6, 6.07) is 17.3. The number of anilines is 2. The lowest BCUT2D eigenvalue weighted by atomic mass is 9.96. The van der Waals surface area contributed by atoms with Crippen LogP contribution in [0.5, 0.6) is 5.75 Å². The minimum Gasteiger partial charge on any atom is -0.506 e. The second kappa shape index (κ2) is 4.21. The minimum absolute atomic E-state index is 0.0529. The van der Waals surface area contributed by atoms with E-state index >= 15 is 0 Å². The fourth-order valence-corrected chi connectivity index (χ4v) is 2.32. The molecule has 0 bridgehead atoms. The van der Waals surface area contributed by atoms with Crippen LogP contribution in [0.1, 0.15) is 0 Å². The predicted molar refractivity (Wildman–Crippen MR) is 79.9 cm³/mol. The van der Waals surface area contributed by atoms with E-state index in [1.165, 1.54) is 0 Å². The molecule has 0 unspecified atom stereocenters. The number of nitrogens with two attached hydrogens (primary N) is 2. The van der Waals surface area contributed by atoms with Crippen molar-refractivity contribution in [3.8, 4) is 16.9 Å². The van der Waals surface area contributed by atoms with Gasteiger partial charge in [-0.25, -0.2) is 0 Å². The standard InChI is InChI=1S/C16H14N2O/c17-14-9-15(18)16(19)8-13(14)12-7-3-5-10-4-1-2-6-11(10)12/h1-9,19H,17-18H2. The Balaban J connectivity index is 2.33. The van der Waals surface area contributed by atoms with Gasteiger partial charge in [-0.1, -0.05) is 42.5 Å². The molecule has 5 N–H and O–H groups in total. The number of rotatable bonds is 1. The molecule has 3 aromatic rings. The summed E-state index contributed by atoms with van der Waals surface area (Å²) in [6.45, 7) is 0. The zero-order valence-electron chi connectivity index (χ0n) is 10.3. The predicted octanol–water partition coefficient (Wildman–Crippen LogP) is 3.38. The van der Waals surface area contributed by atoms with E-state index in [2.05, 4.69) is 0 Å². The van der Waals surface area contributed by atoms with Gasteiger partial charge in [0.05, 0.1) is 5.69 Å². The van der Waals surface area contributed by atoms with Crippen molar-refractivity contribution in [1.82, 2.24) is 0 Å². The molecule has 0 amide bonds. The first-order valence-corrected chi connectivity index (χ1v) is 6.03. The third-order valence-electron chi connectivity index (χ3n) is 3.28. The molecule has 94 valence electrons. The zero-order chi connectivity index (χ0) is 13.4. The highest BCUT2D eigenvalue weighted by Crippen LogP contribution is 2.37. The summed E-state index contributed by atoms with van der Waals surface area (Å²) in [5, 5.41) is 12.0. The molecule has 0 saturated carbocycles. The van der Waals surface area contributed by atoms with Gasteiger partial charge in [0.15, 0.2) is 0 Å². The van der Waals surface area contributed by atoms with Crippen LogP contribution in [0.2, 0.25) is 0 Å². The number of fused-ring (bicyclic) bond motifs is 1. The maximum atomic E-state index is 9.78. The fraction of sp³-hybridized carbons (Fsp3) is 0. The second-order valence-corrected chi connectivity index (χ2v) is 4.52. The van der Waals surface area contributed by atoms with Crippen LogP contribution in [-0.4, -0.2) is 5.11 Å². The van der Waals surface area contributed by atoms with E-state index in [1.54, 1.807) is 12.1 Å². The van der Waals surface area contributed by atoms with Gasteiger partial charge in [-0.15, -0.1) is 0 Å². The highest BCUT2D eigenvalue weighted by atomic mass is 16.3. The van der Waals surface area contributed by atoms with E-state index in [4.69, 9.17) is 11.5 Å². The molecule has 0 spiro atoms. The van der Waals surface area contributed by atoms with Crippen LogP contribution in [0.3, 0.4) is 0 Å². The van der Waals surface area contributed by atoms with Gasteiger partial charge < -0.3 is 16.6 Å². The molecule has 0 aliphatic heterocycles. The zero-order valence-corrected chi connectivity index (χ0v) is 10.3. The molecule has 3 rings (SSSR count). The lowest BCUT2D eigenvalue weighted by Gasteiger charge is -2.11. The van der Waals surface area contributed by atoms with E-state index in [1.807, 2.05) is 42.5 Å². The molecular formula is C16H14N2O. The highest BCUT2D eigenvalue weighted by Gasteiger charge is 2.09. The van der Waals surface area contributed by atoms with Crippen LogP contribution in [-0.2, 0) is 0 Å². The van der Waals surface area contributed by atoms with E-state index < -0.39 is 0 Å². The lowest BCUT2D eigenvalue weighted by molar-refractivity contribution is 0.478. The maximum Gasteiger partial charge on any atom is 0.139 e. The Morgan fingerprint density at radius 1 is 0.737 bits per heavy atom. The summed E-state index contributed by atoms with van der Waals surface area (Å²) in [4.78, 5) is 0. The molecule has 0 atom stereocenters. The highest BCUT2D eigenvalue weighted by molar-refractivity contribution is 6.00. The van der Waals surface area contributed by atoms with Crippen LogP contribution in [0, 0.1) is 0 Å². The molecule has 0 aliphatic rings. The largest absolute Gasteiger partial charge is 0.506 e. The summed E-state index contributed by atoms with van der Waals surface area (Å²) in [5.41, 5.74) is 14.3. The Hall–Kier alpha value is -2.68. The van der Waals surface area contributed by atoms with Crippen molar-refractivity contribution in [1.29, 1.82) is 0 Å². The molecule has 3 aromatic carbocycles. The van der Waals surface area contributed by atoms with Gasteiger partial charge in [0.2, 0.25) is 0 Å². The first-order valence-electron chi connectivity index (χ1n) is 6.03. The van der Waals surface area contributed by atoms with Crippen molar-refractivity contribution >= 4 is 22.1 Å². The van der Waals surface area contributed by atoms with Gasteiger partial charge in [0.25, 0.3) is 0 Å². The molecule has 0 heterocycles. The van der Waals surface area contributed by atoms with Crippen LogP contribution in [0.15, 0.2) is 54.6 Å². The third kappa shape index (κ3) is 1.85. The molecule has 3 nitrogen and oxygen atoms in total. The SMILES string of the molecule is Nc1cc(N)c(-c2cccc3ccccc23)cc1O. The Kier molecular flexibility index (Phi) is 2.53. The topological polar surface area (TPSA) is 72.3 Å². The summed E-state index contributed by atoms with van der Waals surface area (Å²) in [6.07, 6.45) is 0. The van der Waals surface area contributed by atoms with Gasteiger partial charge >= 0.3 is 0 Å². The molecule has 19 heavy (non-hydrogen) atoms. The summed E-state index contributed by atoms with van der Waals surface area (Å²) >= 11 is 0. The van der Waals surface area contributed by atoms with Gasteiger partial charge in [0, 0.05) is 11.3 Å². The Morgan fingerprint density at radius 2 is 1.47 bits per heavy atom. The van der Waals surface area contributed by atoms with E-state index in [9.17, 15) is 5.11 Å². The van der Waals surface area contributed by atoms with Crippen molar-refractivity contribution in [3.05, 3.63) is 54.6 Å².